The minimum atomic E-state index is -0.298. The summed E-state index contributed by atoms with van der Waals surface area (Å²) in [6.07, 6.45) is 1.17. The summed E-state index contributed by atoms with van der Waals surface area (Å²) < 4.78 is 14.0. The highest BCUT2D eigenvalue weighted by atomic mass is 35.5. The Morgan fingerprint density at radius 3 is 2.70 bits per heavy atom. The SMILES string of the molecule is O=C1CCCN(c2ccccc2F)c2cc(Cl)ccc21. The topological polar surface area (TPSA) is 20.3 Å². The molecule has 1 heterocycles. The molecule has 2 aromatic rings. The van der Waals surface area contributed by atoms with Crippen molar-refractivity contribution in [3.8, 4) is 0 Å². The first-order valence-electron chi connectivity index (χ1n) is 6.51. The molecule has 0 radical (unpaired) electrons. The second-order valence-electron chi connectivity index (χ2n) is 4.79. The highest BCUT2D eigenvalue weighted by Crippen LogP contribution is 2.35. The third-order valence-electron chi connectivity index (χ3n) is 3.48. The van der Waals surface area contributed by atoms with E-state index in [9.17, 15) is 9.18 Å². The maximum Gasteiger partial charge on any atom is 0.165 e. The Morgan fingerprint density at radius 2 is 1.90 bits per heavy atom. The van der Waals surface area contributed by atoms with Crippen molar-refractivity contribution in [3.05, 3.63) is 58.9 Å². The van der Waals surface area contributed by atoms with Crippen LogP contribution in [-0.2, 0) is 0 Å². The number of para-hydroxylation sites is 1. The van der Waals surface area contributed by atoms with Crippen molar-refractivity contribution >= 4 is 28.8 Å². The van der Waals surface area contributed by atoms with Gasteiger partial charge in [0.2, 0.25) is 0 Å². The van der Waals surface area contributed by atoms with E-state index in [1.807, 2.05) is 4.90 Å². The van der Waals surface area contributed by atoms with Crippen molar-refractivity contribution < 1.29 is 9.18 Å². The van der Waals surface area contributed by atoms with Gasteiger partial charge in [0.15, 0.2) is 5.78 Å². The smallest absolute Gasteiger partial charge is 0.165 e. The van der Waals surface area contributed by atoms with E-state index in [0.717, 1.165) is 0 Å². The molecule has 1 aliphatic heterocycles. The van der Waals surface area contributed by atoms with Crippen LogP contribution in [-0.4, -0.2) is 12.3 Å². The van der Waals surface area contributed by atoms with Crippen LogP contribution in [0.4, 0.5) is 15.8 Å². The Morgan fingerprint density at radius 1 is 1.10 bits per heavy atom. The Kier molecular flexibility index (Phi) is 3.45. The van der Waals surface area contributed by atoms with Gasteiger partial charge in [0, 0.05) is 23.6 Å². The predicted octanol–water partition coefficient (Wildman–Crippen LogP) is 4.59. The van der Waals surface area contributed by atoms with Gasteiger partial charge in [-0.15, -0.1) is 0 Å². The average Bonchev–Trinajstić information content (AvgIpc) is 2.59. The van der Waals surface area contributed by atoms with E-state index in [0.29, 0.717) is 41.3 Å². The molecule has 0 amide bonds. The fourth-order valence-electron chi connectivity index (χ4n) is 2.54. The molecule has 2 nitrogen and oxygen atoms in total. The lowest BCUT2D eigenvalue weighted by atomic mass is 10.1. The van der Waals surface area contributed by atoms with E-state index in [4.69, 9.17) is 11.6 Å². The number of nitrogens with zero attached hydrogens (tertiary/aromatic N) is 1. The number of rotatable bonds is 1. The number of halogens is 2. The van der Waals surface area contributed by atoms with Gasteiger partial charge in [0.1, 0.15) is 5.82 Å². The minimum Gasteiger partial charge on any atom is -0.338 e. The van der Waals surface area contributed by atoms with Gasteiger partial charge in [-0.2, -0.15) is 0 Å². The van der Waals surface area contributed by atoms with Crippen LogP contribution in [0.1, 0.15) is 23.2 Å². The summed E-state index contributed by atoms with van der Waals surface area (Å²) >= 11 is 6.04. The number of Topliss-reactive ketones (excluding diaryl/α,β-unsaturated/α-hetero) is 1. The molecule has 0 aliphatic carbocycles. The Bertz CT molecular complexity index is 671. The van der Waals surface area contributed by atoms with Crippen molar-refractivity contribution in [3.63, 3.8) is 0 Å². The first-order valence-corrected chi connectivity index (χ1v) is 6.89. The number of fused-ring (bicyclic) bond motifs is 1. The first kappa shape index (κ1) is 13.1. The molecule has 20 heavy (non-hydrogen) atoms. The number of carbonyl (C=O) groups excluding carboxylic acids is 1. The van der Waals surface area contributed by atoms with Crippen LogP contribution in [0.3, 0.4) is 0 Å². The number of benzene rings is 2. The standard InChI is InChI=1S/C16H13ClFNO/c17-11-7-8-12-15(10-11)19(9-3-6-16(12)20)14-5-2-1-4-13(14)18/h1-2,4-5,7-8,10H,3,6,9H2. The van der Waals surface area contributed by atoms with Gasteiger partial charge in [-0.1, -0.05) is 23.7 Å². The molecule has 0 aromatic heterocycles. The summed E-state index contributed by atoms with van der Waals surface area (Å²) in [6, 6.07) is 11.7. The van der Waals surface area contributed by atoms with Crippen LogP contribution in [0.25, 0.3) is 0 Å². The average molecular weight is 290 g/mol. The third kappa shape index (κ3) is 2.29. The number of hydrogen-bond donors (Lipinski definition) is 0. The number of hydrogen-bond acceptors (Lipinski definition) is 2. The van der Waals surface area contributed by atoms with Gasteiger partial charge < -0.3 is 4.90 Å². The van der Waals surface area contributed by atoms with E-state index in [-0.39, 0.29) is 11.6 Å². The molecule has 102 valence electrons. The fraction of sp³-hybridized carbons (Fsp3) is 0.188. The predicted molar refractivity (Wildman–Crippen MR) is 78.4 cm³/mol. The summed E-state index contributed by atoms with van der Waals surface area (Å²) in [4.78, 5) is 13.9. The molecule has 4 heteroatoms. The van der Waals surface area contributed by atoms with Crippen LogP contribution in [0.15, 0.2) is 42.5 Å². The highest BCUT2D eigenvalue weighted by Gasteiger charge is 2.23. The van der Waals surface area contributed by atoms with Crippen LogP contribution < -0.4 is 4.90 Å². The van der Waals surface area contributed by atoms with E-state index in [1.54, 1.807) is 36.4 Å². The van der Waals surface area contributed by atoms with E-state index >= 15 is 0 Å². The van der Waals surface area contributed by atoms with Crippen molar-refractivity contribution in [2.75, 3.05) is 11.4 Å². The zero-order chi connectivity index (χ0) is 14.1. The van der Waals surface area contributed by atoms with E-state index < -0.39 is 0 Å². The van der Waals surface area contributed by atoms with Gasteiger partial charge in [0.25, 0.3) is 0 Å². The maximum atomic E-state index is 14.0. The van der Waals surface area contributed by atoms with Gasteiger partial charge in [-0.05, 0) is 36.8 Å². The lowest BCUT2D eigenvalue weighted by Gasteiger charge is -2.25. The number of anilines is 2. The molecule has 0 N–H and O–H groups in total. The van der Waals surface area contributed by atoms with Crippen molar-refractivity contribution in [2.45, 2.75) is 12.8 Å². The lowest BCUT2D eigenvalue weighted by molar-refractivity contribution is 0.0984. The summed E-state index contributed by atoms with van der Waals surface area (Å²) in [7, 11) is 0. The number of ketones is 1. The number of carbonyl (C=O) groups is 1. The molecule has 0 unspecified atom stereocenters. The quantitative estimate of drug-likeness (QED) is 0.765. The largest absolute Gasteiger partial charge is 0.338 e. The summed E-state index contributed by atoms with van der Waals surface area (Å²) in [5.41, 5.74) is 1.77. The molecule has 3 rings (SSSR count). The molecule has 1 aliphatic rings. The molecule has 0 atom stereocenters. The molecule has 2 aromatic carbocycles. The summed E-state index contributed by atoms with van der Waals surface area (Å²) in [5.74, 6) is -0.219. The zero-order valence-electron chi connectivity index (χ0n) is 10.8. The molecule has 0 saturated heterocycles. The maximum absolute atomic E-state index is 14.0. The molecular weight excluding hydrogens is 277 g/mol. The Labute approximate surface area is 121 Å². The summed E-state index contributed by atoms with van der Waals surface area (Å²) in [6.45, 7) is 0.597. The molecular formula is C16H13ClFNO. The Balaban J connectivity index is 2.18. The third-order valence-corrected chi connectivity index (χ3v) is 3.71. The van der Waals surface area contributed by atoms with Crippen LogP contribution in [0.2, 0.25) is 5.02 Å². The minimum absolute atomic E-state index is 0.0792. The van der Waals surface area contributed by atoms with Crippen LogP contribution in [0, 0.1) is 5.82 Å². The molecule has 0 spiro atoms. The van der Waals surface area contributed by atoms with Gasteiger partial charge in [0.05, 0.1) is 11.4 Å². The van der Waals surface area contributed by atoms with Crippen molar-refractivity contribution in [1.82, 2.24) is 0 Å². The van der Waals surface area contributed by atoms with E-state index in [2.05, 4.69) is 0 Å². The monoisotopic (exact) mass is 289 g/mol. The fourth-order valence-corrected chi connectivity index (χ4v) is 2.70. The highest BCUT2D eigenvalue weighted by molar-refractivity contribution is 6.31. The van der Waals surface area contributed by atoms with Crippen molar-refractivity contribution in [2.24, 2.45) is 0 Å². The second-order valence-corrected chi connectivity index (χ2v) is 5.23. The molecule has 0 bridgehead atoms. The summed E-state index contributed by atoms with van der Waals surface area (Å²) in [5, 5.41) is 0.541. The van der Waals surface area contributed by atoms with E-state index in [1.165, 1.54) is 6.07 Å². The van der Waals surface area contributed by atoms with Crippen LogP contribution >= 0.6 is 11.6 Å². The van der Waals surface area contributed by atoms with Crippen LogP contribution in [0.5, 0.6) is 0 Å². The lowest BCUT2D eigenvalue weighted by Crippen LogP contribution is -2.19. The normalized spacial score (nSPS) is 14.9. The van der Waals surface area contributed by atoms with Gasteiger partial charge >= 0.3 is 0 Å². The van der Waals surface area contributed by atoms with Gasteiger partial charge in [-0.3, -0.25) is 4.79 Å². The molecule has 0 saturated carbocycles. The Hall–Kier alpha value is -1.87. The zero-order valence-corrected chi connectivity index (χ0v) is 11.5. The van der Waals surface area contributed by atoms with Gasteiger partial charge in [-0.25, -0.2) is 4.39 Å². The second kappa shape index (κ2) is 5.25. The first-order chi connectivity index (χ1) is 9.66. The molecule has 0 fully saturated rings. The van der Waals surface area contributed by atoms with Crippen molar-refractivity contribution in [1.29, 1.82) is 0 Å².